The van der Waals surface area contributed by atoms with Gasteiger partial charge in [-0.15, -0.1) is 13.2 Å². The first-order chi connectivity index (χ1) is 9.80. The van der Waals surface area contributed by atoms with Crippen molar-refractivity contribution in [3.05, 3.63) is 29.8 Å². The molecular formula is C14H18F3NO3. The molecule has 0 aliphatic rings. The number of hydrogen-bond acceptors (Lipinski definition) is 4. The quantitative estimate of drug-likeness (QED) is 0.787. The molecule has 118 valence electrons. The van der Waals surface area contributed by atoms with Crippen molar-refractivity contribution in [1.82, 2.24) is 0 Å². The molecule has 1 unspecified atom stereocenters. The van der Waals surface area contributed by atoms with Gasteiger partial charge in [-0.05, 0) is 37.5 Å². The number of nitrogens with two attached hydrogens (primary N) is 1. The van der Waals surface area contributed by atoms with Gasteiger partial charge in [-0.1, -0.05) is 12.1 Å². The zero-order valence-corrected chi connectivity index (χ0v) is 11.7. The van der Waals surface area contributed by atoms with E-state index in [0.29, 0.717) is 19.4 Å². The number of benzene rings is 1. The number of halogens is 3. The summed E-state index contributed by atoms with van der Waals surface area (Å²) < 4.78 is 44.6. The van der Waals surface area contributed by atoms with E-state index >= 15 is 0 Å². The molecule has 4 nitrogen and oxygen atoms in total. The van der Waals surface area contributed by atoms with Crippen molar-refractivity contribution in [2.45, 2.75) is 38.6 Å². The van der Waals surface area contributed by atoms with Crippen LogP contribution in [0.1, 0.15) is 25.3 Å². The molecule has 1 aromatic rings. The molecule has 1 rings (SSSR count). The lowest BCUT2D eigenvalue weighted by atomic mass is 10.0. The molecule has 0 heterocycles. The highest BCUT2D eigenvalue weighted by molar-refractivity contribution is 5.69. The van der Waals surface area contributed by atoms with E-state index < -0.39 is 6.36 Å². The average Bonchev–Trinajstić information content (AvgIpc) is 2.37. The van der Waals surface area contributed by atoms with Crippen molar-refractivity contribution in [1.29, 1.82) is 0 Å². The maximum absolute atomic E-state index is 12.0. The molecule has 1 atom stereocenters. The smallest absolute Gasteiger partial charge is 0.466 e. The van der Waals surface area contributed by atoms with Crippen molar-refractivity contribution in [2.24, 2.45) is 5.73 Å². The molecule has 21 heavy (non-hydrogen) atoms. The fourth-order valence-corrected chi connectivity index (χ4v) is 1.77. The number of alkyl halides is 3. The number of carbonyl (C=O) groups excluding carboxylic acids is 1. The highest BCUT2D eigenvalue weighted by atomic mass is 19.4. The van der Waals surface area contributed by atoms with E-state index in [2.05, 4.69) is 4.74 Å². The third kappa shape index (κ3) is 7.55. The first-order valence-electron chi connectivity index (χ1n) is 6.56. The van der Waals surface area contributed by atoms with Crippen molar-refractivity contribution >= 4 is 5.97 Å². The van der Waals surface area contributed by atoms with Crippen LogP contribution in [-0.4, -0.2) is 25.0 Å². The first-order valence-corrected chi connectivity index (χ1v) is 6.56. The van der Waals surface area contributed by atoms with Gasteiger partial charge in [0.1, 0.15) is 5.75 Å². The SMILES string of the molecule is CCOC(=O)CCC(N)Cc1ccc(OC(F)(F)F)cc1. The van der Waals surface area contributed by atoms with Gasteiger partial charge < -0.3 is 15.2 Å². The van der Waals surface area contributed by atoms with Crippen LogP contribution in [0.3, 0.4) is 0 Å². The minimum atomic E-state index is -4.70. The molecule has 0 saturated heterocycles. The Bertz CT molecular complexity index is 446. The van der Waals surface area contributed by atoms with Gasteiger partial charge in [-0.3, -0.25) is 4.79 Å². The maximum Gasteiger partial charge on any atom is 0.573 e. The van der Waals surface area contributed by atoms with Gasteiger partial charge in [0.15, 0.2) is 0 Å². The van der Waals surface area contributed by atoms with E-state index in [4.69, 9.17) is 10.5 Å². The fourth-order valence-electron chi connectivity index (χ4n) is 1.77. The fraction of sp³-hybridized carbons (Fsp3) is 0.500. The Morgan fingerprint density at radius 2 is 1.90 bits per heavy atom. The zero-order chi connectivity index (χ0) is 15.9. The van der Waals surface area contributed by atoms with Crippen LogP contribution < -0.4 is 10.5 Å². The van der Waals surface area contributed by atoms with Crippen LogP contribution in [0.5, 0.6) is 5.75 Å². The van der Waals surface area contributed by atoms with Gasteiger partial charge in [0.2, 0.25) is 0 Å². The molecule has 1 aromatic carbocycles. The Balaban J connectivity index is 2.42. The number of carbonyl (C=O) groups is 1. The first kappa shape index (κ1) is 17.3. The van der Waals surface area contributed by atoms with E-state index in [9.17, 15) is 18.0 Å². The zero-order valence-electron chi connectivity index (χ0n) is 11.7. The Kier molecular flexibility index (Phi) is 6.48. The molecule has 0 aliphatic carbocycles. The summed E-state index contributed by atoms with van der Waals surface area (Å²) in [5, 5.41) is 0. The standard InChI is InChI=1S/C14H18F3NO3/c1-2-20-13(19)8-5-11(18)9-10-3-6-12(7-4-10)21-14(15,16)17/h3-4,6-7,11H,2,5,8-9,18H2,1H3. The van der Waals surface area contributed by atoms with Gasteiger partial charge in [0, 0.05) is 12.5 Å². The van der Waals surface area contributed by atoms with E-state index in [0.717, 1.165) is 5.56 Å². The lowest BCUT2D eigenvalue weighted by Crippen LogP contribution is -2.24. The van der Waals surface area contributed by atoms with Crippen molar-refractivity contribution < 1.29 is 27.4 Å². The summed E-state index contributed by atoms with van der Waals surface area (Å²) in [5.41, 5.74) is 6.65. The molecule has 0 radical (unpaired) electrons. The topological polar surface area (TPSA) is 61.5 Å². The predicted molar refractivity (Wildman–Crippen MR) is 70.7 cm³/mol. The van der Waals surface area contributed by atoms with Gasteiger partial charge in [-0.2, -0.15) is 0 Å². The second-order valence-electron chi connectivity index (χ2n) is 4.50. The predicted octanol–water partition coefficient (Wildman–Crippen LogP) is 2.80. The third-order valence-corrected chi connectivity index (χ3v) is 2.68. The van der Waals surface area contributed by atoms with E-state index in [1.54, 1.807) is 6.92 Å². The number of rotatable bonds is 7. The molecule has 2 N–H and O–H groups in total. The van der Waals surface area contributed by atoms with Crippen LogP contribution in [-0.2, 0) is 16.0 Å². The van der Waals surface area contributed by atoms with Gasteiger partial charge in [0.25, 0.3) is 0 Å². The van der Waals surface area contributed by atoms with E-state index in [1.807, 2.05) is 0 Å². The summed E-state index contributed by atoms with van der Waals surface area (Å²) in [6.45, 7) is 2.05. The molecule has 7 heteroatoms. The summed E-state index contributed by atoms with van der Waals surface area (Å²) in [5.74, 6) is -0.576. The summed E-state index contributed by atoms with van der Waals surface area (Å²) in [7, 11) is 0. The summed E-state index contributed by atoms with van der Waals surface area (Å²) in [6.07, 6.45) is -3.55. The van der Waals surface area contributed by atoms with Gasteiger partial charge in [0.05, 0.1) is 6.61 Å². The molecule has 0 fully saturated rings. The van der Waals surface area contributed by atoms with Crippen LogP contribution in [0.15, 0.2) is 24.3 Å². The van der Waals surface area contributed by atoms with Crippen LogP contribution in [0.4, 0.5) is 13.2 Å². The molecule has 0 aliphatic heterocycles. The monoisotopic (exact) mass is 305 g/mol. The summed E-state index contributed by atoms with van der Waals surface area (Å²) in [4.78, 5) is 11.2. The highest BCUT2D eigenvalue weighted by Crippen LogP contribution is 2.23. The van der Waals surface area contributed by atoms with Gasteiger partial charge >= 0.3 is 12.3 Å². The van der Waals surface area contributed by atoms with Crippen LogP contribution in [0.25, 0.3) is 0 Å². The Morgan fingerprint density at radius 1 is 1.29 bits per heavy atom. The molecule has 0 saturated carbocycles. The van der Waals surface area contributed by atoms with Crippen molar-refractivity contribution in [2.75, 3.05) is 6.61 Å². The van der Waals surface area contributed by atoms with E-state index in [1.165, 1.54) is 24.3 Å². The number of esters is 1. The van der Waals surface area contributed by atoms with Gasteiger partial charge in [-0.25, -0.2) is 0 Å². The lowest BCUT2D eigenvalue weighted by Gasteiger charge is -2.12. The normalized spacial score (nSPS) is 12.8. The third-order valence-electron chi connectivity index (χ3n) is 2.68. The Labute approximate surface area is 121 Å². The second kappa shape index (κ2) is 7.87. The number of ether oxygens (including phenoxy) is 2. The highest BCUT2D eigenvalue weighted by Gasteiger charge is 2.30. The van der Waals surface area contributed by atoms with Crippen LogP contribution in [0, 0.1) is 0 Å². The number of hydrogen-bond donors (Lipinski definition) is 1. The minimum absolute atomic E-state index is 0.226. The van der Waals surface area contributed by atoms with Crippen LogP contribution >= 0.6 is 0 Å². The van der Waals surface area contributed by atoms with Crippen LogP contribution in [0.2, 0.25) is 0 Å². The van der Waals surface area contributed by atoms with Crippen molar-refractivity contribution in [3.8, 4) is 5.75 Å². The van der Waals surface area contributed by atoms with Crippen molar-refractivity contribution in [3.63, 3.8) is 0 Å². The second-order valence-corrected chi connectivity index (χ2v) is 4.50. The summed E-state index contributed by atoms with van der Waals surface area (Å²) in [6, 6.07) is 5.25. The molecule has 0 amide bonds. The summed E-state index contributed by atoms with van der Waals surface area (Å²) >= 11 is 0. The molecular weight excluding hydrogens is 287 g/mol. The average molecular weight is 305 g/mol. The maximum atomic E-state index is 12.0. The molecule has 0 spiro atoms. The molecule has 0 aromatic heterocycles. The molecule has 0 bridgehead atoms. The lowest BCUT2D eigenvalue weighted by molar-refractivity contribution is -0.274. The Morgan fingerprint density at radius 3 is 2.43 bits per heavy atom. The minimum Gasteiger partial charge on any atom is -0.466 e. The van der Waals surface area contributed by atoms with E-state index in [-0.39, 0.29) is 24.2 Å². The Hall–Kier alpha value is -1.76. The largest absolute Gasteiger partial charge is 0.573 e.